The first-order valence-corrected chi connectivity index (χ1v) is 6.76. The summed E-state index contributed by atoms with van der Waals surface area (Å²) in [5.41, 5.74) is 1.82. The molecule has 0 atom stereocenters. The van der Waals surface area contributed by atoms with Gasteiger partial charge in [-0.1, -0.05) is 39.0 Å². The molecule has 1 N–H and O–H groups in total. The van der Waals surface area contributed by atoms with Gasteiger partial charge in [-0.05, 0) is 24.0 Å². The van der Waals surface area contributed by atoms with Crippen LogP contribution in [0.25, 0.3) is 0 Å². The third-order valence-corrected chi connectivity index (χ3v) is 2.59. The van der Waals surface area contributed by atoms with E-state index in [1.54, 1.807) is 0 Å². The van der Waals surface area contributed by atoms with Gasteiger partial charge in [0.05, 0.1) is 6.61 Å². The molecular formula is C16H21NO3. The molecule has 1 rings (SSSR count). The number of nitrogens with one attached hydrogen (secondary N) is 1. The van der Waals surface area contributed by atoms with Crippen molar-refractivity contribution in [1.29, 1.82) is 0 Å². The number of benzene rings is 1. The van der Waals surface area contributed by atoms with Crippen molar-refractivity contribution >= 4 is 17.6 Å². The average molecular weight is 275 g/mol. The van der Waals surface area contributed by atoms with Crippen LogP contribution in [0.1, 0.15) is 26.3 Å². The fourth-order valence-electron chi connectivity index (χ4n) is 1.57. The van der Waals surface area contributed by atoms with E-state index in [0.717, 1.165) is 23.7 Å². The second-order valence-electron chi connectivity index (χ2n) is 4.86. The van der Waals surface area contributed by atoms with Crippen molar-refractivity contribution in [3.05, 3.63) is 42.0 Å². The zero-order valence-corrected chi connectivity index (χ0v) is 12.2. The van der Waals surface area contributed by atoms with E-state index in [4.69, 9.17) is 4.74 Å². The van der Waals surface area contributed by atoms with Crippen molar-refractivity contribution < 1.29 is 14.3 Å². The van der Waals surface area contributed by atoms with Crippen LogP contribution < -0.4 is 5.32 Å². The van der Waals surface area contributed by atoms with Gasteiger partial charge in [-0.25, -0.2) is 4.79 Å². The Kier molecular flexibility index (Phi) is 6.50. The number of esters is 1. The van der Waals surface area contributed by atoms with Gasteiger partial charge in [0.2, 0.25) is 5.91 Å². The van der Waals surface area contributed by atoms with Crippen LogP contribution in [0.15, 0.2) is 36.4 Å². The summed E-state index contributed by atoms with van der Waals surface area (Å²) in [6.45, 7) is 6.27. The molecule has 0 radical (unpaired) electrons. The van der Waals surface area contributed by atoms with Crippen LogP contribution in [0.3, 0.4) is 0 Å². The molecule has 4 heteroatoms. The monoisotopic (exact) mass is 275 g/mol. The molecule has 0 aliphatic rings. The van der Waals surface area contributed by atoms with Crippen molar-refractivity contribution in [3.8, 4) is 0 Å². The van der Waals surface area contributed by atoms with Crippen molar-refractivity contribution in [2.75, 3.05) is 11.9 Å². The van der Waals surface area contributed by atoms with E-state index in [0.29, 0.717) is 6.61 Å². The Morgan fingerprint density at radius 2 is 1.95 bits per heavy atom. The highest BCUT2D eigenvalue weighted by molar-refractivity contribution is 6.02. The highest BCUT2D eigenvalue weighted by Crippen LogP contribution is 2.15. The molecule has 0 aromatic heterocycles. The molecule has 1 aromatic rings. The standard InChI is InChI=1S/C16H21NO3/c1-4-13-7-5-6-8-14(13)17-15(18)9-10-16(19)20-11-12(2)3/h5-10,12H,4,11H2,1-3H3,(H,17,18)/b10-9+. The second kappa shape index (κ2) is 8.15. The van der Waals surface area contributed by atoms with E-state index >= 15 is 0 Å². The van der Waals surface area contributed by atoms with E-state index in [1.807, 2.05) is 45.0 Å². The van der Waals surface area contributed by atoms with Crippen LogP contribution in [0.4, 0.5) is 5.69 Å². The summed E-state index contributed by atoms with van der Waals surface area (Å²) >= 11 is 0. The molecule has 0 aliphatic heterocycles. The van der Waals surface area contributed by atoms with E-state index in [2.05, 4.69) is 5.32 Å². The molecule has 108 valence electrons. The number of amides is 1. The van der Waals surface area contributed by atoms with Gasteiger partial charge in [0.15, 0.2) is 0 Å². The third kappa shape index (κ3) is 5.69. The van der Waals surface area contributed by atoms with Crippen LogP contribution in [0.5, 0.6) is 0 Å². The van der Waals surface area contributed by atoms with Gasteiger partial charge < -0.3 is 10.1 Å². The van der Waals surface area contributed by atoms with E-state index in [9.17, 15) is 9.59 Å². The lowest BCUT2D eigenvalue weighted by atomic mass is 10.1. The third-order valence-electron chi connectivity index (χ3n) is 2.59. The van der Waals surface area contributed by atoms with Gasteiger partial charge in [0.25, 0.3) is 0 Å². The number of carbonyl (C=O) groups excluding carboxylic acids is 2. The Morgan fingerprint density at radius 3 is 2.60 bits per heavy atom. The summed E-state index contributed by atoms with van der Waals surface area (Å²) < 4.78 is 4.94. The van der Waals surface area contributed by atoms with Crippen LogP contribution in [-0.2, 0) is 20.7 Å². The molecular weight excluding hydrogens is 254 g/mol. The number of ether oxygens (including phenoxy) is 1. The lowest BCUT2D eigenvalue weighted by molar-refractivity contribution is -0.138. The Hall–Kier alpha value is -2.10. The number of hydrogen-bond acceptors (Lipinski definition) is 3. The topological polar surface area (TPSA) is 55.4 Å². The van der Waals surface area contributed by atoms with Crippen molar-refractivity contribution in [2.24, 2.45) is 5.92 Å². The normalized spacial score (nSPS) is 10.8. The maximum Gasteiger partial charge on any atom is 0.330 e. The summed E-state index contributed by atoms with van der Waals surface area (Å²) in [6, 6.07) is 7.57. The molecule has 0 aliphatic carbocycles. The summed E-state index contributed by atoms with van der Waals surface area (Å²) in [5.74, 6) is -0.567. The highest BCUT2D eigenvalue weighted by Gasteiger charge is 2.04. The molecule has 0 heterocycles. The van der Waals surface area contributed by atoms with Gasteiger partial charge in [-0.15, -0.1) is 0 Å². The first-order chi connectivity index (χ1) is 9.52. The fourth-order valence-corrected chi connectivity index (χ4v) is 1.57. The molecule has 0 fully saturated rings. The van der Waals surface area contributed by atoms with Crippen molar-refractivity contribution in [1.82, 2.24) is 0 Å². The molecule has 0 bridgehead atoms. The zero-order valence-electron chi connectivity index (χ0n) is 12.2. The first kappa shape index (κ1) is 16.0. The van der Waals surface area contributed by atoms with Gasteiger partial charge >= 0.3 is 5.97 Å². The minimum atomic E-state index is -0.502. The molecule has 1 amide bonds. The van der Waals surface area contributed by atoms with Crippen molar-refractivity contribution in [2.45, 2.75) is 27.2 Å². The quantitative estimate of drug-likeness (QED) is 0.641. The minimum Gasteiger partial charge on any atom is -0.462 e. The van der Waals surface area contributed by atoms with Gasteiger partial charge in [0.1, 0.15) is 0 Å². The van der Waals surface area contributed by atoms with Crippen LogP contribution in [0.2, 0.25) is 0 Å². The molecule has 1 aromatic carbocycles. The van der Waals surface area contributed by atoms with Gasteiger partial charge in [0, 0.05) is 17.8 Å². The highest BCUT2D eigenvalue weighted by atomic mass is 16.5. The number of aryl methyl sites for hydroxylation is 1. The maximum atomic E-state index is 11.7. The summed E-state index contributed by atoms with van der Waals surface area (Å²) in [6.07, 6.45) is 3.16. The average Bonchev–Trinajstić information content (AvgIpc) is 2.43. The van der Waals surface area contributed by atoms with E-state index in [1.165, 1.54) is 6.08 Å². The van der Waals surface area contributed by atoms with Crippen LogP contribution in [-0.4, -0.2) is 18.5 Å². The SMILES string of the molecule is CCc1ccccc1NC(=O)/C=C/C(=O)OCC(C)C. The molecule has 4 nitrogen and oxygen atoms in total. The number of rotatable bonds is 6. The number of carbonyl (C=O) groups is 2. The fraction of sp³-hybridized carbons (Fsp3) is 0.375. The second-order valence-corrected chi connectivity index (χ2v) is 4.86. The predicted molar refractivity (Wildman–Crippen MR) is 79.4 cm³/mol. The zero-order chi connectivity index (χ0) is 15.0. The lowest BCUT2D eigenvalue weighted by Crippen LogP contribution is -2.12. The Bertz CT molecular complexity index is 492. The largest absolute Gasteiger partial charge is 0.462 e. The van der Waals surface area contributed by atoms with E-state index in [-0.39, 0.29) is 11.8 Å². The minimum absolute atomic E-state index is 0.276. The first-order valence-electron chi connectivity index (χ1n) is 6.76. The molecule has 0 spiro atoms. The Labute approximate surface area is 119 Å². The number of hydrogen-bond donors (Lipinski definition) is 1. The molecule has 0 saturated heterocycles. The summed E-state index contributed by atoms with van der Waals surface area (Å²) in [7, 11) is 0. The number of anilines is 1. The Balaban J connectivity index is 2.53. The molecule has 20 heavy (non-hydrogen) atoms. The van der Waals surface area contributed by atoms with Gasteiger partial charge in [-0.3, -0.25) is 4.79 Å². The molecule has 0 saturated carbocycles. The summed E-state index contributed by atoms with van der Waals surface area (Å²) in [4.78, 5) is 23.1. The smallest absolute Gasteiger partial charge is 0.330 e. The van der Waals surface area contributed by atoms with Crippen LogP contribution >= 0.6 is 0 Å². The van der Waals surface area contributed by atoms with E-state index < -0.39 is 5.97 Å². The molecule has 0 unspecified atom stereocenters. The number of para-hydroxylation sites is 1. The maximum absolute atomic E-state index is 11.7. The predicted octanol–water partition coefficient (Wildman–Crippen LogP) is 2.94. The van der Waals surface area contributed by atoms with Crippen molar-refractivity contribution in [3.63, 3.8) is 0 Å². The summed E-state index contributed by atoms with van der Waals surface area (Å²) in [5, 5.41) is 2.75. The Morgan fingerprint density at radius 1 is 1.25 bits per heavy atom. The van der Waals surface area contributed by atoms with Crippen LogP contribution in [0, 0.1) is 5.92 Å². The van der Waals surface area contributed by atoms with Gasteiger partial charge in [-0.2, -0.15) is 0 Å². The lowest BCUT2D eigenvalue weighted by Gasteiger charge is -2.07.